The second-order valence-electron chi connectivity index (χ2n) is 7.89. The maximum absolute atomic E-state index is 13.4. The first-order chi connectivity index (χ1) is 12.7. The van der Waals surface area contributed by atoms with E-state index in [1.54, 1.807) is 18.4 Å². The monoisotopic (exact) mass is 356 g/mol. The number of rotatable bonds is 4. The van der Waals surface area contributed by atoms with Crippen LogP contribution in [0.3, 0.4) is 0 Å². The summed E-state index contributed by atoms with van der Waals surface area (Å²) < 4.78 is 10.8. The summed E-state index contributed by atoms with van der Waals surface area (Å²) in [6, 6.07) is 6.01. The van der Waals surface area contributed by atoms with Crippen molar-refractivity contribution in [2.24, 2.45) is 5.92 Å². The largest absolute Gasteiger partial charge is 0.461 e. The van der Waals surface area contributed by atoms with Crippen LogP contribution in [0.1, 0.15) is 75.2 Å². The molecule has 2 unspecified atom stereocenters. The molecule has 2 saturated carbocycles. The van der Waals surface area contributed by atoms with E-state index in [2.05, 4.69) is 17.0 Å². The van der Waals surface area contributed by atoms with Gasteiger partial charge in [-0.05, 0) is 43.7 Å². The van der Waals surface area contributed by atoms with E-state index in [1.165, 1.54) is 38.5 Å². The van der Waals surface area contributed by atoms with Gasteiger partial charge in [0, 0.05) is 18.2 Å². The molecule has 2 heterocycles. The van der Waals surface area contributed by atoms with Crippen LogP contribution in [0.2, 0.25) is 0 Å². The number of nitrogens with zero attached hydrogens (tertiary/aromatic N) is 2. The van der Waals surface area contributed by atoms with Crippen molar-refractivity contribution in [3.63, 3.8) is 0 Å². The Kier molecular flexibility index (Phi) is 5.14. The van der Waals surface area contributed by atoms with E-state index in [1.807, 2.05) is 6.07 Å². The van der Waals surface area contributed by atoms with Gasteiger partial charge in [-0.2, -0.15) is 0 Å². The molecule has 2 aliphatic carbocycles. The third kappa shape index (κ3) is 3.44. The minimum atomic E-state index is 0.0252. The molecule has 1 amide bonds. The van der Waals surface area contributed by atoms with Crippen LogP contribution >= 0.6 is 0 Å². The van der Waals surface area contributed by atoms with Crippen LogP contribution in [0.5, 0.6) is 0 Å². The van der Waals surface area contributed by atoms with Crippen molar-refractivity contribution in [3.8, 4) is 11.5 Å². The molecule has 5 heteroatoms. The van der Waals surface area contributed by atoms with Crippen molar-refractivity contribution in [1.29, 1.82) is 0 Å². The fraction of sp³-hybridized carbons (Fsp3) is 0.619. The summed E-state index contributed by atoms with van der Waals surface area (Å²) >= 11 is 0. The topological polar surface area (TPSA) is 59.5 Å². The van der Waals surface area contributed by atoms with Gasteiger partial charge < -0.3 is 13.8 Å². The van der Waals surface area contributed by atoms with Crippen molar-refractivity contribution < 1.29 is 13.7 Å². The van der Waals surface area contributed by atoms with E-state index in [4.69, 9.17) is 8.94 Å². The lowest BCUT2D eigenvalue weighted by atomic mass is 9.82. The predicted molar refractivity (Wildman–Crippen MR) is 98.7 cm³/mol. The first-order valence-corrected chi connectivity index (χ1v) is 10.1. The molecular formula is C21H28N2O3. The van der Waals surface area contributed by atoms with E-state index >= 15 is 0 Å². The molecule has 26 heavy (non-hydrogen) atoms. The van der Waals surface area contributed by atoms with Gasteiger partial charge in [0.1, 0.15) is 0 Å². The standard InChI is InChI=1S/C21H28N2O3/c1-15-8-5-6-11-18(15)23(16-9-3-2-4-10-16)21(24)17-14-20(26-22-17)19-12-7-13-25-19/h7,12-16,18H,2-6,8-11H2,1H3. The molecule has 0 radical (unpaired) electrons. The smallest absolute Gasteiger partial charge is 0.276 e. The molecule has 2 atom stereocenters. The van der Waals surface area contributed by atoms with Gasteiger partial charge in [-0.25, -0.2) is 0 Å². The van der Waals surface area contributed by atoms with Crippen molar-refractivity contribution in [3.05, 3.63) is 30.2 Å². The quantitative estimate of drug-likeness (QED) is 0.747. The summed E-state index contributed by atoms with van der Waals surface area (Å²) in [6.45, 7) is 2.30. The molecule has 0 N–H and O–H groups in total. The van der Waals surface area contributed by atoms with E-state index in [0.717, 1.165) is 19.3 Å². The highest BCUT2D eigenvalue weighted by atomic mass is 16.5. The first-order valence-electron chi connectivity index (χ1n) is 10.1. The van der Waals surface area contributed by atoms with Gasteiger partial charge >= 0.3 is 0 Å². The van der Waals surface area contributed by atoms with Gasteiger partial charge in [-0.1, -0.05) is 44.2 Å². The van der Waals surface area contributed by atoms with Gasteiger partial charge in [0.15, 0.2) is 11.5 Å². The Balaban J connectivity index is 1.61. The molecule has 0 bridgehead atoms. The Morgan fingerprint density at radius 2 is 1.85 bits per heavy atom. The predicted octanol–water partition coefficient (Wildman–Crippen LogP) is 5.29. The third-order valence-corrected chi connectivity index (χ3v) is 6.12. The lowest BCUT2D eigenvalue weighted by molar-refractivity contribution is 0.0328. The SMILES string of the molecule is CC1CCCCC1N(C(=O)c1cc(-c2ccco2)on1)C1CCCCC1. The van der Waals surface area contributed by atoms with Crippen LogP contribution in [0.4, 0.5) is 0 Å². The maximum Gasteiger partial charge on any atom is 0.276 e. The number of hydrogen-bond acceptors (Lipinski definition) is 4. The Labute approximate surface area is 154 Å². The average molecular weight is 356 g/mol. The molecule has 2 fully saturated rings. The zero-order valence-electron chi connectivity index (χ0n) is 15.5. The van der Waals surface area contributed by atoms with E-state index < -0.39 is 0 Å². The summed E-state index contributed by atoms with van der Waals surface area (Å²) in [4.78, 5) is 15.6. The Bertz CT molecular complexity index is 715. The number of aromatic nitrogens is 1. The minimum absolute atomic E-state index is 0.0252. The fourth-order valence-corrected chi connectivity index (χ4v) is 4.70. The van der Waals surface area contributed by atoms with Gasteiger partial charge in [-0.3, -0.25) is 4.79 Å². The van der Waals surface area contributed by atoms with Crippen LogP contribution in [-0.4, -0.2) is 28.0 Å². The lowest BCUT2D eigenvalue weighted by Gasteiger charge is -2.44. The molecule has 0 saturated heterocycles. The number of amides is 1. The lowest BCUT2D eigenvalue weighted by Crippen LogP contribution is -2.51. The summed E-state index contributed by atoms with van der Waals surface area (Å²) in [5.74, 6) is 1.69. The Morgan fingerprint density at radius 1 is 1.08 bits per heavy atom. The van der Waals surface area contributed by atoms with Crippen LogP contribution < -0.4 is 0 Å². The highest BCUT2D eigenvalue weighted by Crippen LogP contribution is 2.34. The maximum atomic E-state index is 13.4. The molecule has 0 aromatic carbocycles. The average Bonchev–Trinajstić information content (AvgIpc) is 3.36. The second-order valence-corrected chi connectivity index (χ2v) is 7.89. The zero-order valence-corrected chi connectivity index (χ0v) is 15.5. The Morgan fingerprint density at radius 3 is 2.58 bits per heavy atom. The molecule has 5 nitrogen and oxygen atoms in total. The van der Waals surface area contributed by atoms with Crippen molar-refractivity contribution >= 4 is 5.91 Å². The number of carbonyl (C=O) groups excluding carboxylic acids is 1. The molecule has 140 valence electrons. The van der Waals surface area contributed by atoms with E-state index in [9.17, 15) is 4.79 Å². The highest BCUT2D eigenvalue weighted by molar-refractivity contribution is 5.93. The summed E-state index contributed by atoms with van der Waals surface area (Å²) in [6.07, 6.45) is 12.3. The molecule has 2 aromatic heterocycles. The van der Waals surface area contributed by atoms with Crippen LogP contribution in [0, 0.1) is 5.92 Å². The summed E-state index contributed by atoms with van der Waals surface area (Å²) in [7, 11) is 0. The van der Waals surface area contributed by atoms with Crippen molar-refractivity contribution in [1.82, 2.24) is 10.1 Å². The van der Waals surface area contributed by atoms with Gasteiger partial charge in [0.25, 0.3) is 5.91 Å². The van der Waals surface area contributed by atoms with Crippen LogP contribution in [0.25, 0.3) is 11.5 Å². The summed E-state index contributed by atoms with van der Waals surface area (Å²) in [5, 5.41) is 4.08. The molecule has 4 rings (SSSR count). The van der Waals surface area contributed by atoms with Crippen LogP contribution in [-0.2, 0) is 0 Å². The van der Waals surface area contributed by atoms with Crippen molar-refractivity contribution in [2.45, 2.75) is 76.8 Å². The third-order valence-electron chi connectivity index (χ3n) is 6.12. The van der Waals surface area contributed by atoms with Gasteiger partial charge in [0.2, 0.25) is 5.76 Å². The van der Waals surface area contributed by atoms with Crippen LogP contribution in [0.15, 0.2) is 33.4 Å². The molecule has 2 aromatic rings. The fourth-order valence-electron chi connectivity index (χ4n) is 4.70. The van der Waals surface area contributed by atoms with E-state index in [-0.39, 0.29) is 5.91 Å². The molecular weight excluding hydrogens is 328 g/mol. The highest BCUT2D eigenvalue weighted by Gasteiger charge is 2.37. The number of furan rings is 1. The van der Waals surface area contributed by atoms with Gasteiger partial charge in [0.05, 0.1) is 6.26 Å². The van der Waals surface area contributed by atoms with E-state index in [0.29, 0.717) is 35.2 Å². The number of hydrogen-bond donors (Lipinski definition) is 0. The first kappa shape index (κ1) is 17.4. The molecule has 0 spiro atoms. The van der Waals surface area contributed by atoms with Gasteiger partial charge in [-0.15, -0.1) is 0 Å². The molecule has 0 aliphatic heterocycles. The van der Waals surface area contributed by atoms with Crippen molar-refractivity contribution in [2.75, 3.05) is 0 Å². The minimum Gasteiger partial charge on any atom is -0.461 e. The second kappa shape index (κ2) is 7.68. The number of carbonyl (C=O) groups is 1. The summed E-state index contributed by atoms with van der Waals surface area (Å²) in [5.41, 5.74) is 0.403. The zero-order chi connectivity index (χ0) is 17.9. The normalized spacial score (nSPS) is 24.5. The Hall–Kier alpha value is -2.04. The molecule has 2 aliphatic rings.